The second kappa shape index (κ2) is 5.55. The van der Waals surface area contributed by atoms with Crippen LogP contribution in [0.3, 0.4) is 0 Å². The van der Waals surface area contributed by atoms with Crippen LogP contribution in [0.5, 0.6) is 0 Å². The molecule has 2 fully saturated rings. The number of carbonyl (C=O) groups excluding carboxylic acids is 2. The van der Waals surface area contributed by atoms with Crippen LogP contribution >= 0.6 is 0 Å². The SMILES string of the molecule is O=C(NC1[C@H]2CN(C(=O)c3coc(=O)[nH]3)C[C@@H]12)C1Cc2ccncc2C1. The fourth-order valence-corrected chi connectivity index (χ4v) is 4.37. The van der Waals surface area contributed by atoms with Gasteiger partial charge in [0.1, 0.15) is 12.0 Å². The number of nitrogens with one attached hydrogen (secondary N) is 2. The summed E-state index contributed by atoms with van der Waals surface area (Å²) in [6.07, 6.45) is 6.28. The molecule has 2 amide bonds. The molecule has 26 heavy (non-hydrogen) atoms. The van der Waals surface area contributed by atoms with Gasteiger partial charge in [0.25, 0.3) is 5.91 Å². The third-order valence-electron chi connectivity index (χ3n) is 5.85. The molecule has 3 heterocycles. The monoisotopic (exact) mass is 354 g/mol. The van der Waals surface area contributed by atoms with E-state index in [1.54, 1.807) is 11.1 Å². The minimum absolute atomic E-state index is 0.0238. The largest absolute Gasteiger partial charge is 0.416 e. The van der Waals surface area contributed by atoms with Crippen molar-refractivity contribution in [2.24, 2.45) is 17.8 Å². The molecule has 134 valence electrons. The van der Waals surface area contributed by atoms with E-state index < -0.39 is 5.76 Å². The van der Waals surface area contributed by atoms with Crippen molar-refractivity contribution < 1.29 is 14.0 Å². The number of oxazole rings is 1. The average molecular weight is 354 g/mol. The molecule has 1 saturated carbocycles. The smallest absolute Gasteiger partial charge is 0.416 e. The molecule has 1 saturated heterocycles. The molecule has 0 bridgehead atoms. The van der Waals surface area contributed by atoms with Crippen LogP contribution in [0.2, 0.25) is 0 Å². The molecule has 8 heteroatoms. The molecular weight excluding hydrogens is 336 g/mol. The highest BCUT2D eigenvalue weighted by Crippen LogP contribution is 2.46. The lowest BCUT2D eigenvalue weighted by Gasteiger charge is -2.20. The number of pyridine rings is 1. The predicted molar refractivity (Wildman–Crippen MR) is 89.3 cm³/mol. The molecular formula is C18H18N4O4. The van der Waals surface area contributed by atoms with Crippen molar-refractivity contribution in [3.8, 4) is 0 Å². The zero-order valence-electron chi connectivity index (χ0n) is 14.0. The van der Waals surface area contributed by atoms with E-state index in [-0.39, 0.29) is 29.5 Å². The lowest BCUT2D eigenvalue weighted by atomic mass is 10.1. The summed E-state index contributed by atoms with van der Waals surface area (Å²) in [5, 5.41) is 3.16. The summed E-state index contributed by atoms with van der Waals surface area (Å²) in [6, 6.07) is 2.13. The van der Waals surface area contributed by atoms with E-state index >= 15 is 0 Å². The van der Waals surface area contributed by atoms with Crippen molar-refractivity contribution in [2.45, 2.75) is 18.9 Å². The van der Waals surface area contributed by atoms with Gasteiger partial charge in [0.15, 0.2) is 0 Å². The van der Waals surface area contributed by atoms with Crippen LogP contribution in [-0.2, 0) is 17.6 Å². The molecule has 4 atom stereocenters. The van der Waals surface area contributed by atoms with Gasteiger partial charge < -0.3 is 14.6 Å². The van der Waals surface area contributed by atoms with E-state index in [0.717, 1.165) is 24.7 Å². The summed E-state index contributed by atoms with van der Waals surface area (Å²) in [7, 11) is 0. The molecule has 2 N–H and O–H groups in total. The summed E-state index contributed by atoms with van der Waals surface area (Å²) < 4.78 is 4.62. The lowest BCUT2D eigenvalue weighted by molar-refractivity contribution is -0.125. The first-order chi connectivity index (χ1) is 12.6. The summed E-state index contributed by atoms with van der Waals surface area (Å²) in [5.41, 5.74) is 2.55. The lowest BCUT2D eigenvalue weighted by Crippen LogP contribution is -2.40. The van der Waals surface area contributed by atoms with Crippen LogP contribution in [0, 0.1) is 17.8 Å². The fourth-order valence-electron chi connectivity index (χ4n) is 4.37. The number of hydrogen-bond acceptors (Lipinski definition) is 5. The second-order valence-electron chi connectivity index (χ2n) is 7.38. The molecule has 3 aliphatic rings. The minimum Gasteiger partial charge on any atom is -0.416 e. The summed E-state index contributed by atoms with van der Waals surface area (Å²) in [4.78, 5) is 44.1. The standard InChI is InChI=1S/C18H18N4O4/c23-16(10-3-9-1-2-19-5-11(9)4-10)21-15-12-6-22(7-13(12)15)17(24)14-8-26-18(25)20-14/h1-2,5,8,10,12-13,15H,3-4,6-7H2,(H,20,25)(H,21,23)/t10?,12-,13+,15?. The van der Waals surface area contributed by atoms with E-state index in [2.05, 4.69) is 19.7 Å². The van der Waals surface area contributed by atoms with Crippen molar-refractivity contribution in [1.29, 1.82) is 0 Å². The Kier molecular flexibility index (Phi) is 3.28. The van der Waals surface area contributed by atoms with Crippen LogP contribution < -0.4 is 11.1 Å². The van der Waals surface area contributed by atoms with Crippen molar-refractivity contribution in [3.05, 3.63) is 52.1 Å². The molecule has 2 aromatic heterocycles. The Morgan fingerprint density at radius 1 is 1.23 bits per heavy atom. The van der Waals surface area contributed by atoms with Gasteiger partial charge in [0, 0.05) is 49.3 Å². The number of likely N-dealkylation sites (tertiary alicyclic amines) is 1. The van der Waals surface area contributed by atoms with Crippen molar-refractivity contribution in [2.75, 3.05) is 13.1 Å². The Morgan fingerprint density at radius 3 is 2.69 bits per heavy atom. The summed E-state index contributed by atoms with van der Waals surface area (Å²) in [6.45, 7) is 1.19. The maximum Gasteiger partial charge on any atom is 0.416 e. The zero-order chi connectivity index (χ0) is 17.8. The highest BCUT2D eigenvalue weighted by atomic mass is 16.4. The third-order valence-corrected chi connectivity index (χ3v) is 5.85. The molecule has 1 aliphatic heterocycles. The van der Waals surface area contributed by atoms with Gasteiger partial charge in [-0.25, -0.2) is 4.79 Å². The van der Waals surface area contributed by atoms with E-state index in [0.29, 0.717) is 24.9 Å². The third kappa shape index (κ3) is 2.44. The number of carbonyl (C=O) groups is 2. The fraction of sp³-hybridized carbons (Fsp3) is 0.444. The van der Waals surface area contributed by atoms with Crippen LogP contribution in [0.15, 0.2) is 33.9 Å². The molecule has 8 nitrogen and oxygen atoms in total. The van der Waals surface area contributed by atoms with Crippen molar-refractivity contribution in [3.63, 3.8) is 0 Å². The molecule has 0 spiro atoms. The van der Waals surface area contributed by atoms with Crippen molar-refractivity contribution >= 4 is 11.8 Å². The Morgan fingerprint density at radius 2 is 2.00 bits per heavy atom. The van der Waals surface area contributed by atoms with Crippen LogP contribution in [0.25, 0.3) is 0 Å². The van der Waals surface area contributed by atoms with Gasteiger partial charge >= 0.3 is 5.76 Å². The van der Waals surface area contributed by atoms with E-state index in [4.69, 9.17) is 0 Å². The maximum absolute atomic E-state index is 12.6. The summed E-state index contributed by atoms with van der Waals surface area (Å²) >= 11 is 0. The molecule has 2 unspecified atom stereocenters. The number of amides is 2. The molecule has 5 rings (SSSR count). The Balaban J connectivity index is 1.16. The summed E-state index contributed by atoms with van der Waals surface area (Å²) in [5.74, 6) is -0.191. The maximum atomic E-state index is 12.6. The highest BCUT2D eigenvalue weighted by Gasteiger charge is 2.57. The van der Waals surface area contributed by atoms with Crippen molar-refractivity contribution in [1.82, 2.24) is 20.2 Å². The first kappa shape index (κ1) is 15.4. The number of aromatic amines is 1. The number of fused-ring (bicyclic) bond motifs is 2. The van der Waals surface area contributed by atoms with Gasteiger partial charge in [0.05, 0.1) is 0 Å². The van der Waals surface area contributed by atoms with Crippen LogP contribution in [-0.4, -0.2) is 45.8 Å². The van der Waals surface area contributed by atoms with Gasteiger partial charge in [-0.2, -0.15) is 0 Å². The van der Waals surface area contributed by atoms with E-state index in [9.17, 15) is 14.4 Å². The quantitative estimate of drug-likeness (QED) is 0.804. The zero-order valence-corrected chi connectivity index (χ0v) is 14.0. The van der Waals surface area contributed by atoms with Crippen LogP contribution in [0.1, 0.15) is 21.6 Å². The topological polar surface area (TPSA) is 108 Å². The average Bonchev–Trinajstić information content (AvgIpc) is 3.11. The van der Waals surface area contributed by atoms with Gasteiger partial charge in [-0.15, -0.1) is 0 Å². The Bertz CT molecular complexity index is 911. The molecule has 2 aromatic rings. The Labute approximate surface area is 148 Å². The molecule has 0 aromatic carbocycles. The number of hydrogen-bond donors (Lipinski definition) is 2. The predicted octanol–water partition coefficient (Wildman–Crippen LogP) is -0.0355. The number of piperidine rings is 1. The van der Waals surface area contributed by atoms with Gasteiger partial charge in [-0.1, -0.05) is 0 Å². The number of rotatable bonds is 3. The first-order valence-electron chi connectivity index (χ1n) is 8.79. The normalized spacial score (nSPS) is 28.5. The van der Waals surface area contributed by atoms with E-state index in [1.165, 1.54) is 5.56 Å². The number of H-pyrrole nitrogens is 1. The molecule has 2 aliphatic carbocycles. The second-order valence-corrected chi connectivity index (χ2v) is 7.38. The van der Waals surface area contributed by atoms with Gasteiger partial charge in [-0.05, 0) is 30.0 Å². The van der Waals surface area contributed by atoms with Gasteiger partial charge in [0.2, 0.25) is 5.91 Å². The van der Waals surface area contributed by atoms with E-state index in [1.807, 2.05) is 12.3 Å². The molecule has 0 radical (unpaired) electrons. The number of aromatic nitrogens is 2. The number of nitrogens with zero attached hydrogens (tertiary/aromatic N) is 2. The highest BCUT2D eigenvalue weighted by molar-refractivity contribution is 5.92. The van der Waals surface area contributed by atoms with Gasteiger partial charge in [-0.3, -0.25) is 19.6 Å². The minimum atomic E-state index is -0.629. The van der Waals surface area contributed by atoms with Crippen LogP contribution in [0.4, 0.5) is 0 Å². The first-order valence-corrected chi connectivity index (χ1v) is 8.79. The Hall–Kier alpha value is -2.90.